The maximum Gasteiger partial charge on any atom is 0.338 e. The van der Waals surface area contributed by atoms with Crippen LogP contribution in [0.25, 0.3) is 10.9 Å². The minimum atomic E-state index is -2.01. The van der Waals surface area contributed by atoms with E-state index < -0.39 is 64.6 Å². The van der Waals surface area contributed by atoms with Crippen LogP contribution in [0.5, 0.6) is 0 Å². The predicted octanol–water partition coefficient (Wildman–Crippen LogP) is 5.54. The molecule has 0 aliphatic heterocycles. The van der Waals surface area contributed by atoms with Gasteiger partial charge in [-0.3, -0.25) is 9.59 Å². The van der Waals surface area contributed by atoms with Gasteiger partial charge in [-0.25, -0.2) is 9.18 Å². The molecule has 6 N–H and O–H groups in total. The Balaban J connectivity index is 1.07. The smallest absolute Gasteiger partial charge is 0.338 e. The number of aromatic nitrogens is 1. The van der Waals surface area contributed by atoms with Crippen molar-refractivity contribution in [1.82, 2.24) is 10.3 Å². The van der Waals surface area contributed by atoms with Crippen LogP contribution in [0.3, 0.4) is 0 Å². The lowest BCUT2D eigenvalue weighted by Crippen LogP contribution is -2.69. The fourth-order valence-electron chi connectivity index (χ4n) is 11.7. The summed E-state index contributed by atoms with van der Waals surface area (Å²) < 4.78 is 29.9. The summed E-state index contributed by atoms with van der Waals surface area (Å²) in [6, 6.07) is 12.4. The highest BCUT2D eigenvalue weighted by Gasteiger charge is 2.76. The summed E-state index contributed by atoms with van der Waals surface area (Å²) in [5, 5.41) is 26.1. The number of carbonyl (C=O) groups is 3. The average Bonchev–Trinajstić information content (AvgIpc) is 3.70. The van der Waals surface area contributed by atoms with Crippen molar-refractivity contribution in [3.05, 3.63) is 89.2 Å². The minimum absolute atomic E-state index is 0.0212. The molecule has 0 saturated heterocycles. The number of Topliss-reactive ketones (excluding diaryl/α,β-unsaturated/α-hetero) is 1. The number of H-pyrrole nitrogens is 1. The lowest BCUT2D eigenvalue weighted by molar-refractivity contribution is -0.224. The molecule has 3 fully saturated rings. The topological polar surface area (TPSA) is 167 Å². The van der Waals surface area contributed by atoms with E-state index in [1.165, 1.54) is 7.11 Å². The fraction of sp³-hybridized carbons (Fsp3) is 0.543. The third kappa shape index (κ3) is 6.42. The number of aromatic amines is 1. The number of amides is 1. The highest BCUT2D eigenvalue weighted by atomic mass is 19.1. The summed E-state index contributed by atoms with van der Waals surface area (Å²) in [6.07, 6.45) is 6.53. The van der Waals surface area contributed by atoms with Crippen LogP contribution in [-0.4, -0.2) is 96.7 Å². The van der Waals surface area contributed by atoms with E-state index in [4.69, 9.17) is 15.2 Å². The number of hydrogen-bond donors (Lipinski definition) is 5. The molecule has 1 heterocycles. The molecule has 4 aliphatic carbocycles. The molecule has 58 heavy (non-hydrogen) atoms. The van der Waals surface area contributed by atoms with Gasteiger partial charge in [0.2, 0.25) is 11.7 Å². The standard InChI is InChI=1S/C46H59FN4O7/c1-26(23-50-41(55)37(48)19-28-24-49-38-11-9-8-10-32(28)38)34-21-30(51(5)6)13-14-33(34)42(56)58-25-40(54)46(57-7)27(2)18-36-35-15-12-29-20-31(52)16-17-43(29,3)45(35,47)39(53)22-44(36,46)4/h8-11,13-14,16-17,20-21,24,26-27,31,35-37,39,49,52-53H,12,15,18-19,22-23,25,48H2,1-7H3,(H,50,55)/t26?,27-,31?,35+,36+,37+,39+,43+,44+,45+,46+/m1/s1. The van der Waals surface area contributed by atoms with Crippen LogP contribution in [0.1, 0.15) is 80.8 Å². The number of halogens is 1. The molecule has 2 unspecified atom stereocenters. The number of anilines is 1. The van der Waals surface area contributed by atoms with Gasteiger partial charge in [0.05, 0.1) is 23.8 Å². The molecule has 7 rings (SSSR count). The molecular formula is C46H59FN4O7. The highest BCUT2D eigenvalue weighted by molar-refractivity contribution is 5.96. The van der Waals surface area contributed by atoms with Crippen LogP contribution in [0.15, 0.2) is 72.5 Å². The fourth-order valence-corrected chi connectivity index (χ4v) is 11.7. The molecule has 11 atom stereocenters. The molecule has 4 aliphatic rings. The van der Waals surface area contributed by atoms with E-state index in [1.54, 1.807) is 37.3 Å². The first kappa shape index (κ1) is 41.8. The molecule has 3 aromatic rings. The Hall–Kier alpha value is -4.36. The number of fused-ring (bicyclic) bond motifs is 6. The number of esters is 1. The van der Waals surface area contributed by atoms with Crippen molar-refractivity contribution in [3.8, 4) is 0 Å². The van der Waals surface area contributed by atoms with Gasteiger partial charge in [-0.1, -0.05) is 62.8 Å². The van der Waals surface area contributed by atoms with E-state index in [2.05, 4.69) is 10.3 Å². The number of alkyl halides is 1. The Labute approximate surface area is 340 Å². The largest absolute Gasteiger partial charge is 0.454 e. The normalized spacial score (nSPS) is 33.6. The summed E-state index contributed by atoms with van der Waals surface area (Å²) in [5.74, 6) is -3.00. The molecule has 1 aromatic heterocycles. The summed E-state index contributed by atoms with van der Waals surface area (Å²) in [5.41, 5.74) is 5.29. The lowest BCUT2D eigenvalue weighted by atomic mass is 9.44. The Morgan fingerprint density at radius 1 is 1.12 bits per heavy atom. The summed E-state index contributed by atoms with van der Waals surface area (Å²) >= 11 is 0. The van der Waals surface area contributed by atoms with E-state index in [-0.39, 0.29) is 42.2 Å². The number of rotatable bonds is 12. The summed E-state index contributed by atoms with van der Waals surface area (Å²) in [4.78, 5) is 46.9. The van der Waals surface area contributed by atoms with Gasteiger partial charge in [0, 0.05) is 67.3 Å². The van der Waals surface area contributed by atoms with E-state index in [0.29, 0.717) is 31.2 Å². The quantitative estimate of drug-likeness (QED) is 0.117. The number of nitrogens with one attached hydrogen (secondary N) is 2. The molecule has 3 saturated carbocycles. The zero-order valence-corrected chi connectivity index (χ0v) is 34.7. The molecule has 0 spiro atoms. The number of nitrogens with zero attached hydrogens (tertiary/aromatic N) is 1. The maximum atomic E-state index is 17.8. The molecule has 12 heteroatoms. The number of benzene rings is 2. The van der Waals surface area contributed by atoms with Crippen molar-refractivity contribution in [2.75, 3.05) is 39.3 Å². The first-order valence-electron chi connectivity index (χ1n) is 20.5. The lowest BCUT2D eigenvalue weighted by Gasteiger charge is -2.63. The first-order chi connectivity index (χ1) is 27.4. The maximum absolute atomic E-state index is 17.8. The van der Waals surface area contributed by atoms with E-state index in [0.717, 1.165) is 27.7 Å². The van der Waals surface area contributed by atoms with Gasteiger partial charge in [-0.05, 0) is 92.2 Å². The van der Waals surface area contributed by atoms with Crippen molar-refractivity contribution >= 4 is 34.3 Å². The number of hydrogen-bond acceptors (Lipinski definition) is 9. The zero-order chi connectivity index (χ0) is 41.9. The SMILES string of the molecule is CO[C@]1(C(=O)COC(=O)c2ccc(N(C)C)cc2C(C)CNC(=O)[C@@H](N)Cc2c[nH]c3ccccc23)[C@H](C)C[C@H]2[C@@H]3CCC4=CC(O)C=C[C@]4(C)[C@@]3(F)[C@@H](O)C[C@@]21C. The Bertz CT molecular complexity index is 2150. The molecule has 11 nitrogen and oxygen atoms in total. The van der Waals surface area contributed by atoms with Crippen molar-refractivity contribution in [2.24, 2.45) is 34.3 Å². The number of aliphatic hydroxyl groups is 2. The van der Waals surface area contributed by atoms with Gasteiger partial charge < -0.3 is 40.6 Å². The second-order valence-corrected chi connectivity index (χ2v) is 18.0. The number of ether oxygens (including phenoxy) is 2. The van der Waals surface area contributed by atoms with Crippen molar-refractivity contribution in [3.63, 3.8) is 0 Å². The van der Waals surface area contributed by atoms with Gasteiger partial charge in [-0.15, -0.1) is 0 Å². The second-order valence-electron chi connectivity index (χ2n) is 18.0. The molecule has 0 bridgehead atoms. The highest BCUT2D eigenvalue weighted by Crippen LogP contribution is 2.71. The molecular weight excluding hydrogens is 740 g/mol. The van der Waals surface area contributed by atoms with Gasteiger partial charge in [0.1, 0.15) is 5.60 Å². The predicted molar refractivity (Wildman–Crippen MR) is 221 cm³/mol. The Kier molecular flexibility index (Phi) is 11.1. The molecule has 2 aromatic carbocycles. The van der Waals surface area contributed by atoms with E-state index >= 15 is 4.39 Å². The molecule has 1 amide bonds. The monoisotopic (exact) mass is 798 g/mol. The first-order valence-corrected chi connectivity index (χ1v) is 20.5. The Morgan fingerprint density at radius 3 is 2.59 bits per heavy atom. The van der Waals surface area contributed by atoms with Gasteiger partial charge >= 0.3 is 5.97 Å². The third-order valence-electron chi connectivity index (χ3n) is 14.7. The van der Waals surface area contributed by atoms with Crippen LogP contribution in [0.2, 0.25) is 0 Å². The summed E-state index contributed by atoms with van der Waals surface area (Å²) in [6.45, 7) is 7.18. The van der Waals surface area contributed by atoms with Crippen LogP contribution in [0.4, 0.5) is 10.1 Å². The number of allylic oxidation sites excluding steroid dienone is 2. The van der Waals surface area contributed by atoms with Gasteiger partial charge in [0.15, 0.2) is 12.3 Å². The van der Waals surface area contributed by atoms with E-state index in [9.17, 15) is 24.6 Å². The van der Waals surface area contributed by atoms with Crippen LogP contribution in [0, 0.1) is 28.6 Å². The number of para-hydroxylation sites is 1. The summed E-state index contributed by atoms with van der Waals surface area (Å²) in [7, 11) is 5.26. The minimum Gasteiger partial charge on any atom is -0.454 e. The average molecular weight is 799 g/mol. The van der Waals surface area contributed by atoms with Crippen molar-refractivity contribution in [2.45, 2.75) is 95.2 Å². The number of ketones is 1. The second kappa shape index (κ2) is 15.3. The molecule has 312 valence electrons. The van der Waals surface area contributed by atoms with Crippen LogP contribution >= 0.6 is 0 Å². The zero-order valence-electron chi connectivity index (χ0n) is 34.7. The van der Waals surface area contributed by atoms with Crippen molar-refractivity contribution < 1.29 is 38.5 Å². The third-order valence-corrected chi connectivity index (χ3v) is 14.7. The number of carbonyl (C=O) groups excluding carboxylic acids is 3. The van der Waals surface area contributed by atoms with Gasteiger partial charge in [-0.2, -0.15) is 0 Å². The number of nitrogens with two attached hydrogens (primary N) is 1. The molecule has 0 radical (unpaired) electrons. The van der Waals surface area contributed by atoms with Crippen LogP contribution in [-0.2, 0) is 25.5 Å². The Morgan fingerprint density at radius 2 is 1.86 bits per heavy atom. The van der Waals surface area contributed by atoms with Crippen LogP contribution < -0.4 is 16.0 Å². The van der Waals surface area contributed by atoms with Gasteiger partial charge in [0.25, 0.3) is 0 Å². The number of methoxy groups -OCH3 is 1. The number of aliphatic hydroxyl groups excluding tert-OH is 2. The van der Waals surface area contributed by atoms with E-state index in [1.807, 2.05) is 76.3 Å². The van der Waals surface area contributed by atoms with Crippen molar-refractivity contribution in [1.29, 1.82) is 0 Å².